The van der Waals surface area contributed by atoms with E-state index in [2.05, 4.69) is 53.8 Å². The lowest BCUT2D eigenvalue weighted by molar-refractivity contribution is -0.120. The van der Waals surface area contributed by atoms with Gasteiger partial charge >= 0.3 is 0 Å². The van der Waals surface area contributed by atoms with Crippen molar-refractivity contribution in [3.8, 4) is 0 Å². The van der Waals surface area contributed by atoms with Crippen LogP contribution in [0.3, 0.4) is 0 Å². The van der Waals surface area contributed by atoms with Crippen LogP contribution in [0.25, 0.3) is 0 Å². The van der Waals surface area contributed by atoms with Gasteiger partial charge in [-0.25, -0.2) is 0 Å². The maximum Gasteiger partial charge on any atom is 0.220 e. The van der Waals surface area contributed by atoms with Gasteiger partial charge in [-0.05, 0) is 35.1 Å². The van der Waals surface area contributed by atoms with Crippen LogP contribution in [0.1, 0.15) is 34.6 Å². The minimum Gasteiger partial charge on any atom is -0.359 e. The van der Waals surface area contributed by atoms with Crippen molar-refractivity contribution in [3.05, 3.63) is 70.8 Å². The number of fused-ring (bicyclic) bond motifs is 2. The first-order valence-corrected chi connectivity index (χ1v) is 7.16. The fourth-order valence-electron chi connectivity index (χ4n) is 3.15. The van der Waals surface area contributed by atoms with Crippen molar-refractivity contribution >= 4 is 5.91 Å². The van der Waals surface area contributed by atoms with E-state index in [1.165, 1.54) is 22.3 Å². The van der Waals surface area contributed by atoms with Crippen molar-refractivity contribution in [1.82, 2.24) is 5.32 Å². The molecule has 0 saturated heterocycles. The van der Waals surface area contributed by atoms with Gasteiger partial charge in [0.05, 0.1) is 0 Å². The van der Waals surface area contributed by atoms with Gasteiger partial charge in [0, 0.05) is 19.4 Å². The average Bonchev–Trinajstić information content (AvgIpc) is 2.65. The van der Waals surface area contributed by atoms with E-state index in [0.717, 1.165) is 12.8 Å². The third kappa shape index (κ3) is 2.34. The Labute approximate surface area is 119 Å². The maximum absolute atomic E-state index is 11.9. The van der Waals surface area contributed by atoms with Crippen LogP contribution < -0.4 is 5.32 Å². The zero-order valence-corrected chi connectivity index (χ0v) is 11.7. The van der Waals surface area contributed by atoms with Gasteiger partial charge in [0.25, 0.3) is 0 Å². The standard InChI is InChI=1S/C18H19NO/c1-19-18(20)12-17-15-8-4-2-6-13(15)10-11-14-7-3-5-9-16(14)17/h2-9,17H,10-12H2,1H3,(H,19,20). The lowest BCUT2D eigenvalue weighted by Gasteiger charge is -2.19. The van der Waals surface area contributed by atoms with E-state index in [0.29, 0.717) is 6.42 Å². The summed E-state index contributed by atoms with van der Waals surface area (Å²) in [6.45, 7) is 0. The second kappa shape index (κ2) is 5.49. The van der Waals surface area contributed by atoms with Gasteiger partial charge in [-0.15, -0.1) is 0 Å². The topological polar surface area (TPSA) is 29.1 Å². The molecule has 102 valence electrons. The molecular formula is C18H19NO. The molecule has 0 saturated carbocycles. The van der Waals surface area contributed by atoms with Gasteiger partial charge in [0.15, 0.2) is 0 Å². The SMILES string of the molecule is CNC(=O)CC1c2ccccc2CCc2ccccc21. The Morgan fingerprint density at radius 2 is 1.50 bits per heavy atom. The molecule has 0 fully saturated rings. The Morgan fingerprint density at radius 3 is 2.00 bits per heavy atom. The number of carbonyl (C=O) groups is 1. The molecule has 1 N–H and O–H groups in total. The summed E-state index contributed by atoms with van der Waals surface area (Å²) in [7, 11) is 1.71. The number of carbonyl (C=O) groups excluding carboxylic acids is 1. The van der Waals surface area contributed by atoms with Crippen LogP contribution in [0, 0.1) is 0 Å². The molecule has 0 aliphatic heterocycles. The van der Waals surface area contributed by atoms with E-state index >= 15 is 0 Å². The molecular weight excluding hydrogens is 246 g/mol. The molecule has 1 aliphatic rings. The summed E-state index contributed by atoms with van der Waals surface area (Å²) in [5.41, 5.74) is 5.36. The molecule has 2 heteroatoms. The molecule has 20 heavy (non-hydrogen) atoms. The van der Waals surface area contributed by atoms with Gasteiger partial charge in [-0.2, -0.15) is 0 Å². The normalized spacial score (nSPS) is 14.1. The molecule has 1 aliphatic carbocycles. The van der Waals surface area contributed by atoms with Crippen molar-refractivity contribution < 1.29 is 4.79 Å². The van der Waals surface area contributed by atoms with Crippen LogP contribution in [0.5, 0.6) is 0 Å². The minimum atomic E-state index is 0.0986. The van der Waals surface area contributed by atoms with Crippen LogP contribution in [-0.2, 0) is 17.6 Å². The highest BCUT2D eigenvalue weighted by atomic mass is 16.1. The molecule has 2 nitrogen and oxygen atoms in total. The van der Waals surface area contributed by atoms with E-state index in [1.54, 1.807) is 7.05 Å². The smallest absolute Gasteiger partial charge is 0.220 e. The number of rotatable bonds is 2. The molecule has 0 bridgehead atoms. The zero-order valence-electron chi connectivity index (χ0n) is 11.7. The Balaban J connectivity index is 2.11. The van der Waals surface area contributed by atoms with Crippen molar-refractivity contribution in [2.75, 3.05) is 7.05 Å². The quantitative estimate of drug-likeness (QED) is 0.888. The first-order chi connectivity index (χ1) is 9.79. The number of nitrogens with one attached hydrogen (secondary N) is 1. The van der Waals surface area contributed by atoms with Gasteiger partial charge in [0.1, 0.15) is 0 Å². The number of amides is 1. The number of hydrogen-bond donors (Lipinski definition) is 1. The Morgan fingerprint density at radius 1 is 1.00 bits per heavy atom. The summed E-state index contributed by atoms with van der Waals surface area (Å²) in [5.74, 6) is 0.270. The molecule has 2 aromatic carbocycles. The van der Waals surface area contributed by atoms with E-state index < -0.39 is 0 Å². The van der Waals surface area contributed by atoms with Crippen molar-refractivity contribution in [2.24, 2.45) is 0 Å². The molecule has 2 aromatic rings. The predicted octanol–water partition coefficient (Wildman–Crippen LogP) is 3.05. The van der Waals surface area contributed by atoms with Crippen molar-refractivity contribution in [3.63, 3.8) is 0 Å². The molecule has 0 radical (unpaired) electrons. The molecule has 0 spiro atoms. The summed E-state index contributed by atoms with van der Waals surface area (Å²) in [5, 5.41) is 2.76. The molecule has 0 unspecified atom stereocenters. The highest BCUT2D eigenvalue weighted by Crippen LogP contribution is 2.36. The molecule has 1 amide bonds. The molecule has 0 atom stereocenters. The summed E-state index contributed by atoms with van der Waals surface area (Å²) >= 11 is 0. The summed E-state index contributed by atoms with van der Waals surface area (Å²) in [4.78, 5) is 11.9. The zero-order chi connectivity index (χ0) is 13.9. The third-order valence-corrected chi connectivity index (χ3v) is 4.19. The lowest BCUT2D eigenvalue weighted by atomic mass is 9.85. The Bertz CT molecular complexity index is 585. The minimum absolute atomic E-state index is 0.0986. The average molecular weight is 265 g/mol. The highest BCUT2D eigenvalue weighted by Gasteiger charge is 2.24. The van der Waals surface area contributed by atoms with Crippen LogP contribution in [0.2, 0.25) is 0 Å². The van der Waals surface area contributed by atoms with Crippen LogP contribution in [-0.4, -0.2) is 13.0 Å². The highest BCUT2D eigenvalue weighted by molar-refractivity contribution is 5.77. The number of hydrogen-bond acceptors (Lipinski definition) is 1. The maximum atomic E-state index is 11.9. The van der Waals surface area contributed by atoms with Crippen LogP contribution in [0.4, 0.5) is 0 Å². The largest absolute Gasteiger partial charge is 0.359 e. The van der Waals surface area contributed by atoms with Crippen molar-refractivity contribution in [1.29, 1.82) is 0 Å². The van der Waals surface area contributed by atoms with E-state index in [1.807, 2.05) is 0 Å². The molecule has 3 rings (SSSR count). The van der Waals surface area contributed by atoms with E-state index in [-0.39, 0.29) is 11.8 Å². The summed E-state index contributed by atoms with van der Waals surface area (Å²) in [6, 6.07) is 17.1. The van der Waals surface area contributed by atoms with Crippen LogP contribution >= 0.6 is 0 Å². The summed E-state index contributed by atoms with van der Waals surface area (Å²) in [6.07, 6.45) is 2.62. The van der Waals surface area contributed by atoms with Gasteiger partial charge in [-0.1, -0.05) is 48.5 Å². The van der Waals surface area contributed by atoms with E-state index in [9.17, 15) is 4.79 Å². The lowest BCUT2D eigenvalue weighted by Crippen LogP contribution is -2.21. The predicted molar refractivity (Wildman–Crippen MR) is 80.8 cm³/mol. The van der Waals surface area contributed by atoms with Gasteiger partial charge < -0.3 is 5.32 Å². The first kappa shape index (κ1) is 12.9. The fourth-order valence-corrected chi connectivity index (χ4v) is 3.15. The van der Waals surface area contributed by atoms with Gasteiger partial charge in [0.2, 0.25) is 5.91 Å². The Hall–Kier alpha value is -2.09. The second-order valence-electron chi connectivity index (χ2n) is 5.33. The molecule has 0 heterocycles. The Kier molecular flexibility index (Phi) is 3.55. The van der Waals surface area contributed by atoms with Crippen molar-refractivity contribution in [2.45, 2.75) is 25.2 Å². The second-order valence-corrected chi connectivity index (χ2v) is 5.33. The number of benzene rings is 2. The number of aryl methyl sites for hydroxylation is 2. The van der Waals surface area contributed by atoms with E-state index in [4.69, 9.17) is 0 Å². The first-order valence-electron chi connectivity index (χ1n) is 7.16. The van der Waals surface area contributed by atoms with Crippen LogP contribution in [0.15, 0.2) is 48.5 Å². The van der Waals surface area contributed by atoms with Gasteiger partial charge in [-0.3, -0.25) is 4.79 Å². The third-order valence-electron chi connectivity index (χ3n) is 4.19. The fraction of sp³-hybridized carbons (Fsp3) is 0.278. The monoisotopic (exact) mass is 265 g/mol. The molecule has 0 aromatic heterocycles. The summed E-state index contributed by atoms with van der Waals surface area (Å²) < 4.78 is 0.